The highest BCUT2D eigenvalue weighted by Gasteiger charge is 2.26. The maximum atomic E-state index is 9.61. The fourth-order valence-corrected chi connectivity index (χ4v) is 1.76. The number of rotatable bonds is 3. The Labute approximate surface area is 74.3 Å². The Balaban J connectivity index is 2.36. The molecule has 12 heavy (non-hydrogen) atoms. The topological polar surface area (TPSA) is 32.7 Å². The number of aliphatic hydroxyl groups excluding tert-OH is 1. The van der Waals surface area contributed by atoms with E-state index >= 15 is 0 Å². The van der Waals surface area contributed by atoms with Crippen LogP contribution < -0.4 is 0 Å². The highest BCUT2D eigenvalue weighted by Crippen LogP contribution is 2.16. The Bertz CT molecular complexity index is 130. The van der Waals surface area contributed by atoms with Crippen molar-refractivity contribution in [3.05, 3.63) is 0 Å². The summed E-state index contributed by atoms with van der Waals surface area (Å²) < 4.78 is 5.06. The molecular weight excluding hydrogens is 154 g/mol. The van der Waals surface area contributed by atoms with E-state index in [0.29, 0.717) is 12.5 Å². The summed E-state index contributed by atoms with van der Waals surface area (Å²) in [6, 6.07) is 0. The summed E-state index contributed by atoms with van der Waals surface area (Å²) >= 11 is 0. The first-order valence-corrected chi connectivity index (χ1v) is 4.67. The number of methoxy groups -OCH3 is 1. The van der Waals surface area contributed by atoms with Gasteiger partial charge in [-0.05, 0) is 13.0 Å². The summed E-state index contributed by atoms with van der Waals surface area (Å²) in [5.41, 5.74) is 0. The zero-order valence-corrected chi connectivity index (χ0v) is 7.99. The molecule has 1 aliphatic heterocycles. The molecule has 0 aromatic carbocycles. The Morgan fingerprint density at radius 2 is 2.33 bits per heavy atom. The van der Waals surface area contributed by atoms with Crippen LogP contribution >= 0.6 is 0 Å². The second-order valence-corrected chi connectivity index (χ2v) is 3.46. The number of likely N-dealkylation sites (tertiary alicyclic amines) is 1. The first kappa shape index (κ1) is 9.96. The molecule has 3 heteroatoms. The lowest BCUT2D eigenvalue weighted by Gasteiger charge is -2.35. The van der Waals surface area contributed by atoms with Gasteiger partial charge < -0.3 is 14.7 Å². The van der Waals surface area contributed by atoms with Crippen molar-refractivity contribution in [2.75, 3.05) is 33.4 Å². The standard InChI is InChI=1S/C9H19NO2/c1-3-10-5-4-9(11)8(6-10)7-12-2/h8-9,11H,3-7H2,1-2H3/t8-,9-/m1/s1. The second-order valence-electron chi connectivity index (χ2n) is 3.46. The van der Waals surface area contributed by atoms with Crippen molar-refractivity contribution in [3.8, 4) is 0 Å². The highest BCUT2D eigenvalue weighted by molar-refractivity contribution is 4.78. The monoisotopic (exact) mass is 173 g/mol. The van der Waals surface area contributed by atoms with Crippen LogP contribution in [0.15, 0.2) is 0 Å². The minimum atomic E-state index is -0.159. The zero-order chi connectivity index (χ0) is 8.97. The van der Waals surface area contributed by atoms with Crippen molar-refractivity contribution >= 4 is 0 Å². The molecule has 1 aliphatic rings. The molecule has 0 amide bonds. The molecule has 1 N–H and O–H groups in total. The van der Waals surface area contributed by atoms with Crippen LogP contribution in [0.2, 0.25) is 0 Å². The van der Waals surface area contributed by atoms with Crippen LogP contribution in [0, 0.1) is 5.92 Å². The normalized spacial score (nSPS) is 32.2. The highest BCUT2D eigenvalue weighted by atomic mass is 16.5. The van der Waals surface area contributed by atoms with E-state index < -0.39 is 0 Å². The summed E-state index contributed by atoms with van der Waals surface area (Å²) in [6.07, 6.45) is 0.731. The Morgan fingerprint density at radius 1 is 1.58 bits per heavy atom. The third-order valence-corrected chi connectivity index (χ3v) is 2.61. The largest absolute Gasteiger partial charge is 0.393 e. The van der Waals surface area contributed by atoms with Crippen LogP contribution in [-0.4, -0.2) is 49.5 Å². The first-order chi connectivity index (χ1) is 5.77. The van der Waals surface area contributed by atoms with Gasteiger partial charge in [0.1, 0.15) is 0 Å². The van der Waals surface area contributed by atoms with E-state index in [2.05, 4.69) is 11.8 Å². The molecule has 0 saturated carbocycles. The number of ether oxygens (including phenoxy) is 1. The molecule has 72 valence electrons. The molecule has 1 fully saturated rings. The van der Waals surface area contributed by atoms with E-state index in [9.17, 15) is 5.11 Å². The second kappa shape index (κ2) is 4.80. The number of nitrogens with zero attached hydrogens (tertiary/aromatic N) is 1. The SMILES string of the molecule is CCN1CC[C@@H](O)[C@@H](COC)C1. The fraction of sp³-hybridized carbons (Fsp3) is 1.00. The number of hydrogen-bond acceptors (Lipinski definition) is 3. The van der Waals surface area contributed by atoms with Gasteiger partial charge in [-0.3, -0.25) is 0 Å². The molecule has 0 spiro atoms. The predicted molar refractivity (Wildman–Crippen MR) is 48.1 cm³/mol. The number of piperidine rings is 1. The Hall–Kier alpha value is -0.120. The van der Waals surface area contributed by atoms with Gasteiger partial charge in [-0.2, -0.15) is 0 Å². The van der Waals surface area contributed by atoms with Gasteiger partial charge in [-0.15, -0.1) is 0 Å². The fourth-order valence-electron chi connectivity index (χ4n) is 1.76. The van der Waals surface area contributed by atoms with E-state index in [-0.39, 0.29) is 6.10 Å². The molecular formula is C9H19NO2. The Morgan fingerprint density at radius 3 is 2.92 bits per heavy atom. The molecule has 1 saturated heterocycles. The van der Waals surface area contributed by atoms with E-state index in [4.69, 9.17) is 4.74 Å². The van der Waals surface area contributed by atoms with Crippen LogP contribution in [0.1, 0.15) is 13.3 Å². The van der Waals surface area contributed by atoms with Crippen LogP contribution in [0.5, 0.6) is 0 Å². The van der Waals surface area contributed by atoms with Crippen LogP contribution in [0.4, 0.5) is 0 Å². The smallest absolute Gasteiger partial charge is 0.0614 e. The van der Waals surface area contributed by atoms with Gasteiger partial charge in [0.15, 0.2) is 0 Å². The first-order valence-electron chi connectivity index (χ1n) is 4.67. The molecule has 1 heterocycles. The van der Waals surface area contributed by atoms with Gasteiger partial charge in [0, 0.05) is 26.1 Å². The molecule has 1 rings (SSSR count). The summed E-state index contributed by atoms with van der Waals surface area (Å²) in [6.45, 7) is 5.91. The number of hydrogen-bond donors (Lipinski definition) is 1. The molecule has 3 nitrogen and oxygen atoms in total. The van der Waals surface area contributed by atoms with Gasteiger partial charge in [-0.25, -0.2) is 0 Å². The third-order valence-electron chi connectivity index (χ3n) is 2.61. The molecule has 0 radical (unpaired) electrons. The maximum absolute atomic E-state index is 9.61. The number of aliphatic hydroxyl groups is 1. The van der Waals surface area contributed by atoms with Crippen molar-refractivity contribution in [2.45, 2.75) is 19.4 Å². The summed E-state index contributed by atoms with van der Waals surface area (Å²) in [7, 11) is 1.69. The summed E-state index contributed by atoms with van der Waals surface area (Å²) in [5, 5.41) is 9.61. The molecule has 0 aromatic heterocycles. The van der Waals surface area contributed by atoms with Crippen LogP contribution in [0.3, 0.4) is 0 Å². The van der Waals surface area contributed by atoms with Crippen LogP contribution in [-0.2, 0) is 4.74 Å². The van der Waals surface area contributed by atoms with Crippen molar-refractivity contribution in [1.82, 2.24) is 4.90 Å². The van der Waals surface area contributed by atoms with Gasteiger partial charge in [0.25, 0.3) is 0 Å². The van der Waals surface area contributed by atoms with Gasteiger partial charge in [-0.1, -0.05) is 6.92 Å². The third kappa shape index (κ3) is 2.44. The van der Waals surface area contributed by atoms with E-state index in [0.717, 1.165) is 26.1 Å². The maximum Gasteiger partial charge on any atom is 0.0614 e. The minimum Gasteiger partial charge on any atom is -0.393 e. The molecule has 0 aliphatic carbocycles. The lowest BCUT2D eigenvalue weighted by molar-refractivity contribution is -0.00870. The predicted octanol–water partition coefficient (Wildman–Crippen LogP) is 0.335. The Kier molecular flexibility index (Phi) is 3.98. The summed E-state index contributed by atoms with van der Waals surface area (Å²) in [4.78, 5) is 2.36. The quantitative estimate of drug-likeness (QED) is 0.668. The molecule has 0 unspecified atom stereocenters. The summed E-state index contributed by atoms with van der Waals surface area (Å²) in [5.74, 6) is 0.309. The average molecular weight is 173 g/mol. The van der Waals surface area contributed by atoms with Gasteiger partial charge in [0.05, 0.1) is 12.7 Å². The molecule has 0 bridgehead atoms. The van der Waals surface area contributed by atoms with Crippen molar-refractivity contribution in [3.63, 3.8) is 0 Å². The molecule has 2 atom stereocenters. The van der Waals surface area contributed by atoms with E-state index in [1.807, 2.05) is 0 Å². The van der Waals surface area contributed by atoms with Gasteiger partial charge in [0.2, 0.25) is 0 Å². The molecule has 0 aromatic rings. The minimum absolute atomic E-state index is 0.159. The van der Waals surface area contributed by atoms with Crippen molar-refractivity contribution in [2.24, 2.45) is 5.92 Å². The van der Waals surface area contributed by atoms with Gasteiger partial charge >= 0.3 is 0 Å². The van der Waals surface area contributed by atoms with Crippen LogP contribution in [0.25, 0.3) is 0 Å². The van der Waals surface area contributed by atoms with Crippen molar-refractivity contribution < 1.29 is 9.84 Å². The average Bonchev–Trinajstić information content (AvgIpc) is 2.09. The van der Waals surface area contributed by atoms with E-state index in [1.165, 1.54) is 0 Å². The lowest BCUT2D eigenvalue weighted by atomic mass is 9.95. The zero-order valence-electron chi connectivity index (χ0n) is 7.99. The lowest BCUT2D eigenvalue weighted by Crippen LogP contribution is -2.44. The van der Waals surface area contributed by atoms with Crippen molar-refractivity contribution in [1.29, 1.82) is 0 Å². The van der Waals surface area contributed by atoms with E-state index in [1.54, 1.807) is 7.11 Å².